The third kappa shape index (κ3) is 3.97. The van der Waals surface area contributed by atoms with Crippen molar-refractivity contribution in [2.75, 3.05) is 20.2 Å². The van der Waals surface area contributed by atoms with Crippen LogP contribution in [-0.4, -0.2) is 31.1 Å². The lowest BCUT2D eigenvalue weighted by molar-refractivity contribution is 0.120. The lowest BCUT2D eigenvalue weighted by atomic mass is 9.85. The van der Waals surface area contributed by atoms with Crippen LogP contribution in [0.2, 0.25) is 0 Å². The number of nitrogens with two attached hydrogens (primary N) is 1. The molecule has 2 atom stereocenters. The van der Waals surface area contributed by atoms with E-state index in [1.807, 2.05) is 24.3 Å². The molecule has 2 unspecified atom stereocenters. The van der Waals surface area contributed by atoms with E-state index in [0.717, 1.165) is 36.4 Å². The summed E-state index contributed by atoms with van der Waals surface area (Å²) in [5.74, 6) is 1.74. The average molecular weight is 276 g/mol. The Morgan fingerprint density at radius 3 is 2.75 bits per heavy atom. The van der Waals surface area contributed by atoms with Crippen molar-refractivity contribution in [3.05, 3.63) is 29.8 Å². The van der Waals surface area contributed by atoms with Crippen LogP contribution in [0.15, 0.2) is 24.3 Å². The molecule has 3 heteroatoms. The monoisotopic (exact) mass is 276 g/mol. The van der Waals surface area contributed by atoms with Crippen molar-refractivity contribution in [1.29, 1.82) is 0 Å². The Hall–Kier alpha value is -1.06. The molecule has 0 radical (unpaired) electrons. The predicted octanol–water partition coefficient (Wildman–Crippen LogP) is 3.03. The number of hydrogen-bond donors (Lipinski definition) is 1. The molecular weight excluding hydrogens is 248 g/mol. The summed E-state index contributed by atoms with van der Waals surface area (Å²) >= 11 is 0. The first-order valence-electron chi connectivity index (χ1n) is 7.83. The summed E-state index contributed by atoms with van der Waals surface area (Å²) in [6.07, 6.45) is 5.46. The maximum atomic E-state index is 5.90. The van der Waals surface area contributed by atoms with Gasteiger partial charge in [0.1, 0.15) is 12.4 Å². The molecule has 20 heavy (non-hydrogen) atoms. The number of rotatable bonds is 6. The standard InChI is InChI=1S/C17H28N2O/c1-14-7-3-5-9-16(14)19(2)11-12-20-17-10-6-4-8-15(17)13-18/h4,6,8,10,14,16H,3,5,7,9,11-13,18H2,1-2H3. The van der Waals surface area contributed by atoms with Gasteiger partial charge in [-0.1, -0.05) is 38.0 Å². The van der Waals surface area contributed by atoms with Crippen LogP contribution in [0.25, 0.3) is 0 Å². The molecule has 3 nitrogen and oxygen atoms in total. The lowest BCUT2D eigenvalue weighted by Crippen LogP contribution is -2.40. The highest BCUT2D eigenvalue weighted by Crippen LogP contribution is 2.27. The molecule has 0 bridgehead atoms. The van der Waals surface area contributed by atoms with Gasteiger partial charge in [-0.05, 0) is 31.9 Å². The van der Waals surface area contributed by atoms with Crippen LogP contribution in [0, 0.1) is 5.92 Å². The number of para-hydroxylation sites is 1. The molecule has 0 saturated heterocycles. The molecule has 1 aromatic carbocycles. The average Bonchev–Trinajstić information content (AvgIpc) is 2.48. The van der Waals surface area contributed by atoms with Gasteiger partial charge >= 0.3 is 0 Å². The third-order valence-corrected chi connectivity index (χ3v) is 4.53. The summed E-state index contributed by atoms with van der Waals surface area (Å²) in [7, 11) is 2.23. The third-order valence-electron chi connectivity index (χ3n) is 4.53. The van der Waals surface area contributed by atoms with E-state index in [4.69, 9.17) is 10.5 Å². The highest BCUT2D eigenvalue weighted by Gasteiger charge is 2.24. The zero-order valence-electron chi connectivity index (χ0n) is 12.8. The van der Waals surface area contributed by atoms with E-state index in [2.05, 4.69) is 18.9 Å². The molecule has 1 saturated carbocycles. The SMILES string of the molecule is CC1CCCCC1N(C)CCOc1ccccc1CN. The van der Waals surface area contributed by atoms with Gasteiger partial charge in [0.2, 0.25) is 0 Å². The van der Waals surface area contributed by atoms with Gasteiger partial charge in [-0.3, -0.25) is 4.90 Å². The first-order valence-corrected chi connectivity index (χ1v) is 7.83. The molecule has 0 aromatic heterocycles. The van der Waals surface area contributed by atoms with Crippen LogP contribution >= 0.6 is 0 Å². The van der Waals surface area contributed by atoms with Gasteiger partial charge in [-0.25, -0.2) is 0 Å². The van der Waals surface area contributed by atoms with Crippen LogP contribution in [0.5, 0.6) is 5.75 Å². The van der Waals surface area contributed by atoms with Crippen LogP contribution in [0.3, 0.4) is 0 Å². The van der Waals surface area contributed by atoms with Crippen molar-refractivity contribution >= 4 is 0 Å². The van der Waals surface area contributed by atoms with E-state index in [9.17, 15) is 0 Å². The van der Waals surface area contributed by atoms with E-state index in [1.165, 1.54) is 25.7 Å². The largest absolute Gasteiger partial charge is 0.492 e. The molecule has 0 heterocycles. The van der Waals surface area contributed by atoms with Gasteiger partial charge in [-0.15, -0.1) is 0 Å². The van der Waals surface area contributed by atoms with E-state index in [1.54, 1.807) is 0 Å². The minimum Gasteiger partial charge on any atom is -0.492 e. The second-order valence-electron chi connectivity index (χ2n) is 5.97. The maximum absolute atomic E-state index is 5.90. The first kappa shape index (κ1) is 15.3. The topological polar surface area (TPSA) is 38.5 Å². The molecule has 1 aromatic rings. The number of nitrogens with zero attached hydrogens (tertiary/aromatic N) is 1. The van der Waals surface area contributed by atoms with Crippen molar-refractivity contribution < 1.29 is 4.74 Å². The summed E-state index contributed by atoms with van der Waals surface area (Å²) in [5.41, 5.74) is 6.81. The summed E-state index contributed by atoms with van der Waals surface area (Å²) in [5, 5.41) is 0. The van der Waals surface area contributed by atoms with E-state index >= 15 is 0 Å². The molecule has 1 aliphatic rings. The fourth-order valence-electron chi connectivity index (χ4n) is 3.23. The summed E-state index contributed by atoms with van der Waals surface area (Å²) in [6, 6.07) is 8.76. The van der Waals surface area contributed by atoms with Gasteiger partial charge in [0.15, 0.2) is 0 Å². The van der Waals surface area contributed by atoms with Crippen molar-refractivity contribution in [2.45, 2.75) is 45.2 Å². The van der Waals surface area contributed by atoms with Gasteiger partial charge in [0.25, 0.3) is 0 Å². The zero-order chi connectivity index (χ0) is 14.4. The van der Waals surface area contributed by atoms with Crippen molar-refractivity contribution in [3.63, 3.8) is 0 Å². The van der Waals surface area contributed by atoms with E-state index < -0.39 is 0 Å². The smallest absolute Gasteiger partial charge is 0.123 e. The molecule has 0 amide bonds. The van der Waals surface area contributed by atoms with Crippen LogP contribution in [-0.2, 0) is 6.54 Å². The van der Waals surface area contributed by atoms with Crippen molar-refractivity contribution in [3.8, 4) is 5.75 Å². The Morgan fingerprint density at radius 2 is 2.00 bits per heavy atom. The number of ether oxygens (including phenoxy) is 1. The van der Waals surface area contributed by atoms with Gasteiger partial charge < -0.3 is 10.5 Å². The molecular formula is C17H28N2O. The molecule has 0 aliphatic heterocycles. The van der Waals surface area contributed by atoms with Gasteiger partial charge in [0, 0.05) is 24.7 Å². The molecule has 1 aliphatic carbocycles. The van der Waals surface area contributed by atoms with Crippen LogP contribution in [0.4, 0.5) is 0 Å². The zero-order valence-corrected chi connectivity index (χ0v) is 12.8. The fourth-order valence-corrected chi connectivity index (χ4v) is 3.23. The van der Waals surface area contributed by atoms with E-state index in [0.29, 0.717) is 6.54 Å². The minimum atomic E-state index is 0.533. The predicted molar refractivity (Wildman–Crippen MR) is 83.9 cm³/mol. The molecule has 2 N–H and O–H groups in total. The van der Waals surface area contributed by atoms with E-state index in [-0.39, 0.29) is 0 Å². The second kappa shape index (κ2) is 7.65. The van der Waals surface area contributed by atoms with Crippen LogP contribution < -0.4 is 10.5 Å². The summed E-state index contributed by atoms with van der Waals surface area (Å²) in [4.78, 5) is 2.47. The number of benzene rings is 1. The Balaban J connectivity index is 1.80. The first-order chi connectivity index (χ1) is 9.72. The molecule has 2 rings (SSSR count). The molecule has 0 spiro atoms. The Labute approximate surface area is 123 Å². The summed E-state index contributed by atoms with van der Waals surface area (Å²) < 4.78 is 5.90. The quantitative estimate of drug-likeness (QED) is 0.868. The highest BCUT2D eigenvalue weighted by atomic mass is 16.5. The molecule has 1 fully saturated rings. The number of likely N-dealkylation sites (N-methyl/N-ethyl adjacent to an activating group) is 1. The Morgan fingerprint density at radius 1 is 1.25 bits per heavy atom. The lowest BCUT2D eigenvalue weighted by Gasteiger charge is -2.36. The maximum Gasteiger partial charge on any atom is 0.123 e. The van der Waals surface area contributed by atoms with Crippen molar-refractivity contribution in [1.82, 2.24) is 4.90 Å². The van der Waals surface area contributed by atoms with Gasteiger partial charge in [0.05, 0.1) is 0 Å². The number of hydrogen-bond acceptors (Lipinski definition) is 3. The highest BCUT2D eigenvalue weighted by molar-refractivity contribution is 5.32. The molecule has 112 valence electrons. The van der Waals surface area contributed by atoms with Crippen molar-refractivity contribution in [2.24, 2.45) is 11.7 Å². The Bertz CT molecular complexity index is 408. The normalized spacial score (nSPS) is 23.0. The Kier molecular flexibility index (Phi) is 5.86. The minimum absolute atomic E-state index is 0.533. The fraction of sp³-hybridized carbons (Fsp3) is 0.647. The summed E-state index contributed by atoms with van der Waals surface area (Å²) in [6.45, 7) is 4.63. The second-order valence-corrected chi connectivity index (χ2v) is 5.97. The van der Waals surface area contributed by atoms with Gasteiger partial charge in [-0.2, -0.15) is 0 Å². The van der Waals surface area contributed by atoms with Crippen LogP contribution in [0.1, 0.15) is 38.2 Å².